The van der Waals surface area contributed by atoms with Crippen LogP contribution in [0.15, 0.2) is 48.5 Å². The van der Waals surface area contributed by atoms with Crippen LogP contribution in [0.5, 0.6) is 5.75 Å². The summed E-state index contributed by atoms with van der Waals surface area (Å²) in [6, 6.07) is 16.0. The second kappa shape index (κ2) is 7.50. The van der Waals surface area contributed by atoms with E-state index < -0.39 is 6.10 Å². The predicted octanol–water partition coefficient (Wildman–Crippen LogP) is 4.68. The van der Waals surface area contributed by atoms with E-state index >= 15 is 0 Å². The molecule has 1 heterocycles. The number of esters is 1. The molecular formula is C22H24O4. The summed E-state index contributed by atoms with van der Waals surface area (Å²) in [5.41, 5.74) is 3.06. The normalized spacial score (nSPS) is 22.7. The molecule has 4 rings (SSSR count). The fourth-order valence-electron chi connectivity index (χ4n) is 3.71. The molecule has 1 saturated heterocycles. The van der Waals surface area contributed by atoms with E-state index in [4.69, 9.17) is 14.2 Å². The third kappa shape index (κ3) is 3.61. The Hall–Kier alpha value is -2.33. The van der Waals surface area contributed by atoms with Gasteiger partial charge < -0.3 is 14.2 Å². The Kier molecular flexibility index (Phi) is 4.93. The summed E-state index contributed by atoms with van der Waals surface area (Å²) in [5.74, 6) is 0.584. The molecule has 0 bridgehead atoms. The Morgan fingerprint density at radius 3 is 2.54 bits per heavy atom. The first-order chi connectivity index (χ1) is 12.8. The highest BCUT2D eigenvalue weighted by atomic mass is 16.6. The van der Waals surface area contributed by atoms with Gasteiger partial charge in [0.2, 0.25) is 0 Å². The molecule has 4 heteroatoms. The summed E-state index contributed by atoms with van der Waals surface area (Å²) in [7, 11) is 1.67. The Morgan fingerprint density at radius 2 is 1.81 bits per heavy atom. The predicted molar refractivity (Wildman–Crippen MR) is 99.0 cm³/mol. The zero-order chi connectivity index (χ0) is 17.9. The van der Waals surface area contributed by atoms with Crippen molar-refractivity contribution in [1.29, 1.82) is 0 Å². The third-order valence-corrected chi connectivity index (χ3v) is 5.20. The number of hydrogen-bond donors (Lipinski definition) is 0. The van der Waals surface area contributed by atoms with Crippen LogP contribution in [0.25, 0.3) is 11.1 Å². The van der Waals surface area contributed by atoms with Crippen molar-refractivity contribution in [3.63, 3.8) is 0 Å². The molecule has 1 aliphatic carbocycles. The lowest BCUT2D eigenvalue weighted by atomic mass is 9.97. The van der Waals surface area contributed by atoms with E-state index in [9.17, 15) is 4.79 Å². The molecule has 26 heavy (non-hydrogen) atoms. The van der Waals surface area contributed by atoms with Gasteiger partial charge in [0.15, 0.2) is 6.10 Å². The van der Waals surface area contributed by atoms with Gasteiger partial charge in [-0.2, -0.15) is 0 Å². The zero-order valence-corrected chi connectivity index (χ0v) is 15.0. The van der Waals surface area contributed by atoms with Crippen molar-refractivity contribution in [2.45, 2.75) is 50.4 Å². The van der Waals surface area contributed by atoms with Gasteiger partial charge in [-0.1, -0.05) is 42.8 Å². The van der Waals surface area contributed by atoms with Crippen molar-refractivity contribution in [1.82, 2.24) is 0 Å². The van der Waals surface area contributed by atoms with Gasteiger partial charge in [-0.25, -0.2) is 4.79 Å². The van der Waals surface area contributed by atoms with Gasteiger partial charge in [0.1, 0.15) is 18.0 Å². The molecule has 2 unspecified atom stereocenters. The Bertz CT molecular complexity index is 765. The molecule has 2 atom stereocenters. The van der Waals surface area contributed by atoms with Crippen molar-refractivity contribution in [2.75, 3.05) is 7.11 Å². The summed E-state index contributed by atoms with van der Waals surface area (Å²) in [6.45, 7) is 0. The smallest absolute Gasteiger partial charge is 0.338 e. The number of carbonyl (C=O) groups excluding carboxylic acids is 1. The molecule has 2 aliphatic rings. The highest BCUT2D eigenvalue weighted by molar-refractivity contribution is 5.79. The van der Waals surface area contributed by atoms with Crippen LogP contribution >= 0.6 is 0 Å². The number of methoxy groups -OCH3 is 1. The highest BCUT2D eigenvalue weighted by Gasteiger charge is 2.48. The van der Waals surface area contributed by atoms with Gasteiger partial charge in [-0.3, -0.25) is 0 Å². The molecule has 1 aliphatic heterocycles. The number of hydrogen-bond acceptors (Lipinski definition) is 4. The monoisotopic (exact) mass is 352 g/mol. The van der Waals surface area contributed by atoms with E-state index in [1.54, 1.807) is 7.11 Å². The second-order valence-electron chi connectivity index (χ2n) is 7.00. The maximum absolute atomic E-state index is 12.4. The van der Waals surface area contributed by atoms with Crippen LogP contribution in [0.1, 0.15) is 43.8 Å². The van der Waals surface area contributed by atoms with Crippen molar-refractivity contribution >= 4 is 5.97 Å². The number of carbonyl (C=O) groups is 1. The van der Waals surface area contributed by atoms with Gasteiger partial charge >= 0.3 is 5.97 Å². The fourth-order valence-corrected chi connectivity index (χ4v) is 3.71. The largest absolute Gasteiger partial charge is 0.496 e. The van der Waals surface area contributed by atoms with Crippen LogP contribution < -0.4 is 4.74 Å². The van der Waals surface area contributed by atoms with Crippen molar-refractivity contribution in [3.8, 4) is 16.9 Å². The molecule has 0 aromatic heterocycles. The highest BCUT2D eigenvalue weighted by Crippen LogP contribution is 2.43. The molecule has 2 fully saturated rings. The van der Waals surface area contributed by atoms with E-state index in [2.05, 4.69) is 0 Å². The van der Waals surface area contributed by atoms with Crippen LogP contribution in [0.4, 0.5) is 0 Å². The summed E-state index contributed by atoms with van der Waals surface area (Å²) < 4.78 is 16.8. The average molecular weight is 352 g/mol. The minimum atomic E-state index is -0.478. The lowest BCUT2D eigenvalue weighted by molar-refractivity contribution is -0.152. The molecule has 1 saturated carbocycles. The summed E-state index contributed by atoms with van der Waals surface area (Å²) in [6.07, 6.45) is 4.85. The standard InChI is InChI=1S/C22H24O4/c1-24-19-13-12-16(14-18(19)15-8-4-2-5-9-15)20-21(26-20)22(23)25-17-10-6-3-7-11-17/h2,4-5,8-9,12-14,17,20-21H,3,6-7,10-11H2,1H3. The van der Waals surface area contributed by atoms with Crippen LogP contribution in [0.2, 0.25) is 0 Å². The van der Waals surface area contributed by atoms with Gasteiger partial charge in [-0.05, 0) is 48.9 Å². The first-order valence-electron chi connectivity index (χ1n) is 9.35. The van der Waals surface area contributed by atoms with Gasteiger partial charge in [0.05, 0.1) is 7.11 Å². The van der Waals surface area contributed by atoms with Crippen LogP contribution in [-0.4, -0.2) is 25.3 Å². The molecule has 2 aromatic rings. The lowest BCUT2D eigenvalue weighted by Gasteiger charge is -2.21. The van der Waals surface area contributed by atoms with Crippen molar-refractivity contribution < 1.29 is 19.0 Å². The second-order valence-corrected chi connectivity index (χ2v) is 7.00. The van der Waals surface area contributed by atoms with Crippen molar-refractivity contribution in [3.05, 3.63) is 54.1 Å². The molecule has 0 spiro atoms. The van der Waals surface area contributed by atoms with Crippen LogP contribution in [0.3, 0.4) is 0 Å². The molecule has 2 aromatic carbocycles. The topological polar surface area (TPSA) is 48.1 Å². The molecule has 0 amide bonds. The Balaban J connectivity index is 1.48. The molecule has 0 N–H and O–H groups in total. The minimum Gasteiger partial charge on any atom is -0.496 e. The Labute approximate surface area is 154 Å². The van der Waals surface area contributed by atoms with E-state index in [1.165, 1.54) is 6.42 Å². The third-order valence-electron chi connectivity index (χ3n) is 5.20. The summed E-state index contributed by atoms with van der Waals surface area (Å²) >= 11 is 0. The maximum atomic E-state index is 12.4. The number of benzene rings is 2. The SMILES string of the molecule is COc1ccc(C2OC2C(=O)OC2CCCCC2)cc1-c1ccccc1. The van der Waals surface area contributed by atoms with E-state index in [1.807, 2.05) is 48.5 Å². The minimum absolute atomic E-state index is 0.0665. The first-order valence-corrected chi connectivity index (χ1v) is 9.35. The van der Waals surface area contributed by atoms with Gasteiger partial charge in [-0.15, -0.1) is 0 Å². The van der Waals surface area contributed by atoms with Gasteiger partial charge in [0, 0.05) is 5.56 Å². The summed E-state index contributed by atoms with van der Waals surface area (Å²) in [5, 5.41) is 0. The van der Waals surface area contributed by atoms with Crippen LogP contribution in [-0.2, 0) is 14.3 Å². The first kappa shape index (κ1) is 17.1. The Morgan fingerprint density at radius 1 is 1.04 bits per heavy atom. The fraction of sp³-hybridized carbons (Fsp3) is 0.409. The van der Waals surface area contributed by atoms with E-state index in [0.717, 1.165) is 48.1 Å². The number of ether oxygens (including phenoxy) is 3. The quantitative estimate of drug-likeness (QED) is 0.579. The molecule has 136 valence electrons. The van der Waals surface area contributed by atoms with Crippen molar-refractivity contribution in [2.24, 2.45) is 0 Å². The molecular weight excluding hydrogens is 328 g/mol. The van der Waals surface area contributed by atoms with Gasteiger partial charge in [0.25, 0.3) is 0 Å². The molecule has 0 radical (unpaired) electrons. The number of epoxide rings is 1. The maximum Gasteiger partial charge on any atom is 0.338 e. The number of rotatable bonds is 5. The van der Waals surface area contributed by atoms with E-state index in [0.29, 0.717) is 0 Å². The average Bonchev–Trinajstić information content (AvgIpc) is 3.50. The molecule has 4 nitrogen and oxygen atoms in total. The van der Waals surface area contributed by atoms with E-state index in [-0.39, 0.29) is 18.2 Å². The summed E-state index contributed by atoms with van der Waals surface area (Å²) in [4.78, 5) is 12.4. The zero-order valence-electron chi connectivity index (χ0n) is 15.0. The lowest BCUT2D eigenvalue weighted by Crippen LogP contribution is -2.23. The van der Waals surface area contributed by atoms with Crippen LogP contribution in [0, 0.1) is 0 Å².